The summed E-state index contributed by atoms with van der Waals surface area (Å²) in [6.45, 7) is 2.95. The van der Waals surface area contributed by atoms with Gasteiger partial charge in [0.25, 0.3) is 5.91 Å². The predicted molar refractivity (Wildman–Crippen MR) is 103 cm³/mol. The van der Waals surface area contributed by atoms with Gasteiger partial charge < -0.3 is 15.0 Å². The fourth-order valence-electron chi connectivity index (χ4n) is 3.57. The van der Waals surface area contributed by atoms with E-state index in [2.05, 4.69) is 10.2 Å². The first kappa shape index (κ1) is 17.5. The minimum Gasteiger partial charge on any atom is -0.480 e. The second kappa shape index (κ2) is 7.80. The number of benzene rings is 2. The molecule has 2 aliphatic rings. The highest BCUT2D eigenvalue weighted by Crippen LogP contribution is 2.29. The number of para-hydroxylation sites is 2. The van der Waals surface area contributed by atoms with Crippen LogP contribution in [0, 0.1) is 0 Å². The smallest absolute Gasteiger partial charge is 0.264 e. The maximum absolute atomic E-state index is 12.7. The van der Waals surface area contributed by atoms with E-state index in [9.17, 15) is 9.59 Å². The van der Waals surface area contributed by atoms with Crippen LogP contribution in [0.25, 0.3) is 0 Å². The van der Waals surface area contributed by atoms with E-state index in [-0.39, 0.29) is 11.8 Å². The number of carbonyl (C=O) groups is 2. The zero-order valence-corrected chi connectivity index (χ0v) is 15.1. The molecular weight excluding hydrogens is 342 g/mol. The molecule has 0 radical (unpaired) electrons. The summed E-state index contributed by atoms with van der Waals surface area (Å²) in [5.41, 5.74) is 1.89. The van der Waals surface area contributed by atoms with Crippen molar-refractivity contribution in [2.45, 2.75) is 12.5 Å². The number of piperazine rings is 1. The van der Waals surface area contributed by atoms with Gasteiger partial charge in [-0.25, -0.2) is 0 Å². The molecule has 0 spiro atoms. The largest absolute Gasteiger partial charge is 0.480 e. The summed E-state index contributed by atoms with van der Waals surface area (Å²) in [6, 6.07) is 17.2. The highest BCUT2D eigenvalue weighted by molar-refractivity contribution is 5.92. The summed E-state index contributed by atoms with van der Waals surface area (Å²) >= 11 is 0. The molecule has 1 saturated heterocycles. The molecule has 0 aromatic heterocycles. The Kier molecular flexibility index (Phi) is 5.07. The average molecular weight is 365 g/mol. The lowest BCUT2D eigenvalue weighted by atomic mass is 10.1. The van der Waals surface area contributed by atoms with Crippen molar-refractivity contribution in [3.63, 3.8) is 0 Å². The van der Waals surface area contributed by atoms with Gasteiger partial charge in [0.05, 0.1) is 6.54 Å². The molecule has 0 bridgehead atoms. The number of hydrogen-bond acceptors (Lipinski definition) is 4. The van der Waals surface area contributed by atoms with E-state index in [0.717, 1.165) is 17.0 Å². The van der Waals surface area contributed by atoms with Crippen LogP contribution in [0.1, 0.15) is 5.56 Å². The molecule has 27 heavy (non-hydrogen) atoms. The van der Waals surface area contributed by atoms with E-state index >= 15 is 0 Å². The Bertz CT molecular complexity index is 791. The quantitative estimate of drug-likeness (QED) is 0.897. The molecule has 0 unspecified atom stereocenters. The molecular formula is C21H23N3O3. The highest BCUT2D eigenvalue weighted by atomic mass is 16.5. The van der Waals surface area contributed by atoms with Crippen molar-refractivity contribution in [3.05, 3.63) is 60.2 Å². The van der Waals surface area contributed by atoms with Gasteiger partial charge in [0, 0.05) is 38.3 Å². The molecule has 1 atom stereocenters. The number of fused-ring (bicyclic) bond motifs is 1. The molecule has 0 saturated carbocycles. The van der Waals surface area contributed by atoms with Crippen LogP contribution in [0.5, 0.6) is 5.75 Å². The second-order valence-electron chi connectivity index (χ2n) is 6.93. The summed E-state index contributed by atoms with van der Waals surface area (Å²) in [7, 11) is 0. The van der Waals surface area contributed by atoms with Crippen LogP contribution < -0.4 is 10.1 Å². The van der Waals surface area contributed by atoms with Gasteiger partial charge in [-0.2, -0.15) is 0 Å². The number of amides is 2. The molecule has 4 rings (SSSR count). The van der Waals surface area contributed by atoms with Gasteiger partial charge in [-0.15, -0.1) is 0 Å². The topological polar surface area (TPSA) is 61.9 Å². The summed E-state index contributed by atoms with van der Waals surface area (Å²) < 4.78 is 5.81. The van der Waals surface area contributed by atoms with Gasteiger partial charge in [0.2, 0.25) is 5.91 Å². The number of carbonyl (C=O) groups excluding carboxylic acids is 2. The van der Waals surface area contributed by atoms with Gasteiger partial charge in [0.1, 0.15) is 5.75 Å². The van der Waals surface area contributed by atoms with Gasteiger partial charge in [0.15, 0.2) is 6.10 Å². The zero-order valence-electron chi connectivity index (χ0n) is 15.1. The lowest BCUT2D eigenvalue weighted by molar-refractivity contribution is -0.139. The van der Waals surface area contributed by atoms with Gasteiger partial charge in [-0.1, -0.05) is 36.4 Å². The Hall–Kier alpha value is -2.86. The third kappa shape index (κ3) is 4.11. The van der Waals surface area contributed by atoms with Gasteiger partial charge >= 0.3 is 0 Å². The van der Waals surface area contributed by atoms with Crippen LogP contribution in [-0.4, -0.2) is 60.4 Å². The maximum atomic E-state index is 12.7. The normalized spacial score (nSPS) is 19.3. The Labute approximate surface area is 158 Å². The third-order valence-corrected chi connectivity index (χ3v) is 5.03. The van der Waals surface area contributed by atoms with Crippen molar-refractivity contribution < 1.29 is 14.3 Å². The molecule has 2 aromatic carbocycles. The second-order valence-corrected chi connectivity index (χ2v) is 6.93. The minimum absolute atomic E-state index is 0.0319. The van der Waals surface area contributed by atoms with Crippen LogP contribution >= 0.6 is 0 Å². The first-order valence-electron chi connectivity index (χ1n) is 9.29. The van der Waals surface area contributed by atoms with E-state index < -0.39 is 6.10 Å². The number of nitrogens with zero attached hydrogens (tertiary/aromatic N) is 2. The van der Waals surface area contributed by atoms with Crippen molar-refractivity contribution in [1.82, 2.24) is 9.80 Å². The Morgan fingerprint density at radius 1 is 0.963 bits per heavy atom. The van der Waals surface area contributed by atoms with E-state index in [1.807, 2.05) is 59.5 Å². The maximum Gasteiger partial charge on any atom is 0.264 e. The number of rotatable bonds is 4. The molecule has 140 valence electrons. The average Bonchev–Trinajstić information content (AvgIpc) is 3.13. The third-order valence-electron chi connectivity index (χ3n) is 5.03. The Balaban J connectivity index is 1.24. The molecule has 6 heteroatoms. The summed E-state index contributed by atoms with van der Waals surface area (Å²) in [6.07, 6.45) is 0.213. The van der Waals surface area contributed by atoms with E-state index in [4.69, 9.17) is 4.74 Å². The Morgan fingerprint density at radius 2 is 1.67 bits per heavy atom. The number of ether oxygens (including phenoxy) is 1. The SMILES string of the molecule is O=C(CN1CCN(C(=O)[C@@H]2Cc3ccccc3O2)CC1)Nc1ccccc1. The van der Waals surface area contributed by atoms with Crippen LogP contribution in [0.2, 0.25) is 0 Å². The van der Waals surface area contributed by atoms with E-state index in [1.54, 1.807) is 0 Å². The van der Waals surface area contributed by atoms with Crippen molar-refractivity contribution in [1.29, 1.82) is 0 Å². The molecule has 2 aliphatic heterocycles. The number of anilines is 1. The first-order chi connectivity index (χ1) is 13.2. The molecule has 6 nitrogen and oxygen atoms in total. The molecule has 2 aromatic rings. The van der Waals surface area contributed by atoms with E-state index in [0.29, 0.717) is 39.1 Å². The standard InChI is InChI=1S/C21H23N3O3/c25-20(22-17-7-2-1-3-8-17)15-23-10-12-24(13-11-23)21(26)19-14-16-6-4-5-9-18(16)27-19/h1-9,19H,10-15H2,(H,22,25)/t19-/m0/s1. The number of nitrogens with one attached hydrogen (secondary N) is 1. The fourth-order valence-corrected chi connectivity index (χ4v) is 3.57. The van der Waals surface area contributed by atoms with Crippen LogP contribution in [-0.2, 0) is 16.0 Å². The zero-order chi connectivity index (χ0) is 18.6. The van der Waals surface area contributed by atoms with Crippen LogP contribution in [0.15, 0.2) is 54.6 Å². The summed E-state index contributed by atoms with van der Waals surface area (Å²) in [5, 5.41) is 2.90. The van der Waals surface area contributed by atoms with Crippen molar-refractivity contribution in [2.24, 2.45) is 0 Å². The lowest BCUT2D eigenvalue weighted by Gasteiger charge is -2.35. The Morgan fingerprint density at radius 3 is 2.41 bits per heavy atom. The summed E-state index contributed by atoms with van der Waals surface area (Å²) in [5.74, 6) is 0.821. The van der Waals surface area contributed by atoms with Crippen molar-refractivity contribution in [2.75, 3.05) is 38.0 Å². The summed E-state index contributed by atoms with van der Waals surface area (Å²) in [4.78, 5) is 28.8. The van der Waals surface area contributed by atoms with Crippen molar-refractivity contribution >= 4 is 17.5 Å². The molecule has 2 heterocycles. The van der Waals surface area contributed by atoms with Crippen LogP contribution in [0.4, 0.5) is 5.69 Å². The highest BCUT2D eigenvalue weighted by Gasteiger charge is 2.33. The van der Waals surface area contributed by atoms with Gasteiger partial charge in [-0.3, -0.25) is 14.5 Å². The predicted octanol–water partition coefficient (Wildman–Crippen LogP) is 1.77. The van der Waals surface area contributed by atoms with Crippen LogP contribution in [0.3, 0.4) is 0 Å². The first-order valence-corrected chi connectivity index (χ1v) is 9.29. The van der Waals surface area contributed by atoms with E-state index in [1.165, 1.54) is 0 Å². The molecule has 1 N–H and O–H groups in total. The fraction of sp³-hybridized carbons (Fsp3) is 0.333. The minimum atomic E-state index is -0.421. The lowest BCUT2D eigenvalue weighted by Crippen LogP contribution is -2.53. The van der Waals surface area contributed by atoms with Crippen molar-refractivity contribution in [3.8, 4) is 5.75 Å². The number of hydrogen-bond donors (Lipinski definition) is 1. The molecule has 2 amide bonds. The molecule has 1 fully saturated rings. The molecule has 0 aliphatic carbocycles. The van der Waals surface area contributed by atoms with Gasteiger partial charge in [-0.05, 0) is 23.8 Å². The monoisotopic (exact) mass is 365 g/mol.